The summed E-state index contributed by atoms with van der Waals surface area (Å²) in [6, 6.07) is 3.39. The van der Waals surface area contributed by atoms with Gasteiger partial charge in [-0.2, -0.15) is 17.5 Å². The summed E-state index contributed by atoms with van der Waals surface area (Å²) in [5, 5.41) is 0.968. The highest BCUT2D eigenvalue weighted by Gasteiger charge is 2.44. The van der Waals surface area contributed by atoms with Crippen LogP contribution >= 0.6 is 11.5 Å². The number of pyridine rings is 1. The Bertz CT molecular complexity index is 729. The van der Waals surface area contributed by atoms with E-state index in [0.29, 0.717) is 18.6 Å². The van der Waals surface area contributed by atoms with Gasteiger partial charge in [0.05, 0.1) is 0 Å². The fourth-order valence-corrected chi connectivity index (χ4v) is 4.26. The average molecular weight is 355 g/mol. The zero-order valence-corrected chi connectivity index (χ0v) is 13.8. The van der Waals surface area contributed by atoms with Gasteiger partial charge in [-0.3, -0.25) is 9.88 Å². The van der Waals surface area contributed by atoms with Gasteiger partial charge in [0.25, 0.3) is 0 Å². The van der Waals surface area contributed by atoms with Gasteiger partial charge < -0.3 is 4.90 Å². The summed E-state index contributed by atoms with van der Waals surface area (Å²) in [6.07, 6.45) is -1.99. The first-order valence-electron chi connectivity index (χ1n) is 7.73. The van der Waals surface area contributed by atoms with Crippen molar-refractivity contribution in [3.63, 3.8) is 0 Å². The molecule has 2 bridgehead atoms. The van der Waals surface area contributed by atoms with Crippen LogP contribution in [0.4, 0.5) is 18.3 Å². The number of piperazine rings is 1. The normalized spacial score (nSPS) is 24.1. The second kappa shape index (κ2) is 5.66. The quantitative estimate of drug-likeness (QED) is 0.847. The maximum absolute atomic E-state index is 12.6. The number of alkyl halides is 3. The molecule has 0 amide bonds. The van der Waals surface area contributed by atoms with Gasteiger partial charge in [0.15, 0.2) is 0 Å². The molecule has 2 aliphatic rings. The maximum atomic E-state index is 12.6. The van der Waals surface area contributed by atoms with E-state index < -0.39 is 11.9 Å². The monoisotopic (exact) mass is 355 g/mol. The van der Waals surface area contributed by atoms with E-state index in [0.717, 1.165) is 42.1 Å². The number of aromatic nitrogens is 3. The highest BCUT2D eigenvalue weighted by atomic mass is 32.1. The Morgan fingerprint density at radius 3 is 2.62 bits per heavy atom. The topological polar surface area (TPSA) is 45.2 Å². The Labute approximate surface area is 141 Å². The van der Waals surface area contributed by atoms with Crippen LogP contribution in [-0.2, 0) is 12.7 Å². The number of halogens is 3. The van der Waals surface area contributed by atoms with Crippen molar-refractivity contribution >= 4 is 16.7 Å². The molecule has 2 aromatic heterocycles. The summed E-state index contributed by atoms with van der Waals surface area (Å²) < 4.78 is 41.9. The van der Waals surface area contributed by atoms with Gasteiger partial charge in [-0.15, -0.1) is 0 Å². The first kappa shape index (κ1) is 15.8. The first-order chi connectivity index (χ1) is 11.4. The van der Waals surface area contributed by atoms with E-state index in [1.165, 1.54) is 23.8 Å². The van der Waals surface area contributed by atoms with Gasteiger partial charge in [0, 0.05) is 49.4 Å². The first-order valence-corrected chi connectivity index (χ1v) is 8.50. The Morgan fingerprint density at radius 1 is 1.25 bits per heavy atom. The lowest BCUT2D eigenvalue weighted by atomic mass is 10.2. The van der Waals surface area contributed by atoms with Crippen LogP contribution in [0.5, 0.6) is 0 Å². The van der Waals surface area contributed by atoms with Gasteiger partial charge in [-0.1, -0.05) is 6.07 Å². The Morgan fingerprint density at radius 2 is 2.08 bits per heavy atom. The molecule has 2 aliphatic heterocycles. The fourth-order valence-electron chi connectivity index (χ4n) is 3.50. The molecule has 4 heterocycles. The minimum Gasteiger partial charge on any atom is -0.341 e. The lowest BCUT2D eigenvalue weighted by Crippen LogP contribution is -2.46. The molecule has 0 aliphatic carbocycles. The second-order valence-corrected chi connectivity index (χ2v) is 7.03. The summed E-state index contributed by atoms with van der Waals surface area (Å²) in [5.41, 5.74) is -0.0270. The number of fused-ring (bicyclic) bond motifs is 2. The SMILES string of the molecule is Cc1nsc(N2CC3CC2CN3Cc2ccc(C(F)(F)F)nc2)n1. The van der Waals surface area contributed by atoms with Crippen LogP contribution in [-0.4, -0.2) is 44.4 Å². The van der Waals surface area contributed by atoms with Crippen LogP contribution in [0.25, 0.3) is 0 Å². The molecule has 0 saturated carbocycles. The van der Waals surface area contributed by atoms with E-state index in [1.807, 2.05) is 6.92 Å². The van der Waals surface area contributed by atoms with Crippen LogP contribution in [0.15, 0.2) is 18.3 Å². The highest BCUT2D eigenvalue weighted by molar-refractivity contribution is 7.09. The molecule has 128 valence electrons. The number of hydrogen-bond donors (Lipinski definition) is 0. The maximum Gasteiger partial charge on any atom is 0.433 e. The molecule has 5 nitrogen and oxygen atoms in total. The number of anilines is 1. The molecule has 2 unspecified atom stereocenters. The van der Waals surface area contributed by atoms with E-state index in [9.17, 15) is 13.2 Å². The average Bonchev–Trinajstić information content (AvgIpc) is 3.22. The number of rotatable bonds is 3. The lowest BCUT2D eigenvalue weighted by Gasteiger charge is -2.33. The predicted octanol–water partition coefficient (Wildman–Crippen LogP) is 2.72. The predicted molar refractivity (Wildman–Crippen MR) is 83.8 cm³/mol. The number of likely N-dealkylation sites (tertiary alicyclic amines) is 1. The standard InChI is InChI=1S/C15H16F3N5S/c1-9-20-14(24-21-9)23-8-11-4-12(23)7-22(11)6-10-2-3-13(19-5-10)15(16,17)18/h2-3,5,11-12H,4,6-8H2,1H3. The summed E-state index contributed by atoms with van der Waals surface area (Å²) in [5.74, 6) is 0.797. The van der Waals surface area contributed by atoms with Crippen molar-refractivity contribution in [1.82, 2.24) is 19.2 Å². The van der Waals surface area contributed by atoms with Gasteiger partial charge in [0.1, 0.15) is 11.5 Å². The minimum absolute atomic E-state index is 0.404. The smallest absolute Gasteiger partial charge is 0.341 e. The summed E-state index contributed by atoms with van der Waals surface area (Å²) >= 11 is 1.43. The van der Waals surface area contributed by atoms with E-state index in [1.54, 1.807) is 0 Å². The van der Waals surface area contributed by atoms with Crippen LogP contribution < -0.4 is 4.90 Å². The molecule has 2 fully saturated rings. The van der Waals surface area contributed by atoms with Crippen LogP contribution in [0, 0.1) is 6.92 Å². The van der Waals surface area contributed by atoms with Crippen molar-refractivity contribution in [1.29, 1.82) is 0 Å². The van der Waals surface area contributed by atoms with Crippen LogP contribution in [0.3, 0.4) is 0 Å². The number of aryl methyl sites for hydroxylation is 1. The van der Waals surface area contributed by atoms with Gasteiger partial charge in [0.2, 0.25) is 5.13 Å². The Kier molecular flexibility index (Phi) is 3.72. The van der Waals surface area contributed by atoms with Crippen molar-refractivity contribution < 1.29 is 13.2 Å². The van der Waals surface area contributed by atoms with Crippen LogP contribution in [0.1, 0.15) is 23.5 Å². The Balaban J connectivity index is 1.40. The molecule has 0 aromatic carbocycles. The molecule has 24 heavy (non-hydrogen) atoms. The van der Waals surface area contributed by atoms with E-state index in [4.69, 9.17) is 0 Å². The number of hydrogen-bond acceptors (Lipinski definition) is 6. The molecule has 2 aromatic rings. The van der Waals surface area contributed by atoms with Crippen molar-refractivity contribution in [3.8, 4) is 0 Å². The molecular formula is C15H16F3N5S. The highest BCUT2D eigenvalue weighted by Crippen LogP contribution is 2.36. The van der Waals surface area contributed by atoms with E-state index in [-0.39, 0.29) is 0 Å². The van der Waals surface area contributed by atoms with Crippen LogP contribution in [0.2, 0.25) is 0 Å². The molecule has 9 heteroatoms. The van der Waals surface area contributed by atoms with Crippen molar-refractivity contribution in [2.24, 2.45) is 0 Å². The van der Waals surface area contributed by atoms with Crippen molar-refractivity contribution in [3.05, 3.63) is 35.4 Å². The number of nitrogens with zero attached hydrogens (tertiary/aromatic N) is 5. The molecule has 0 spiro atoms. The molecular weight excluding hydrogens is 339 g/mol. The van der Waals surface area contributed by atoms with Gasteiger partial charge in [-0.05, 0) is 25.0 Å². The minimum atomic E-state index is -4.38. The van der Waals surface area contributed by atoms with Gasteiger partial charge >= 0.3 is 6.18 Å². The largest absolute Gasteiger partial charge is 0.433 e. The summed E-state index contributed by atoms with van der Waals surface area (Å²) in [4.78, 5) is 12.6. The van der Waals surface area contributed by atoms with Gasteiger partial charge in [-0.25, -0.2) is 4.98 Å². The fraction of sp³-hybridized carbons (Fsp3) is 0.533. The molecule has 0 N–H and O–H groups in total. The van der Waals surface area contributed by atoms with E-state index >= 15 is 0 Å². The zero-order valence-electron chi connectivity index (χ0n) is 13.0. The van der Waals surface area contributed by atoms with Crippen molar-refractivity contribution in [2.45, 2.75) is 38.1 Å². The third kappa shape index (κ3) is 2.86. The van der Waals surface area contributed by atoms with E-state index in [2.05, 4.69) is 24.1 Å². The summed E-state index contributed by atoms with van der Waals surface area (Å²) in [6.45, 7) is 4.31. The molecule has 2 saturated heterocycles. The lowest BCUT2D eigenvalue weighted by molar-refractivity contribution is -0.141. The van der Waals surface area contributed by atoms with Crippen molar-refractivity contribution in [2.75, 3.05) is 18.0 Å². The zero-order chi connectivity index (χ0) is 16.9. The molecule has 4 rings (SSSR count). The molecule has 0 radical (unpaired) electrons. The second-order valence-electron chi connectivity index (χ2n) is 6.30. The molecule has 2 atom stereocenters. The summed E-state index contributed by atoms with van der Waals surface area (Å²) in [7, 11) is 0. The third-order valence-electron chi connectivity index (χ3n) is 4.62. The Hall–Kier alpha value is -1.74. The third-order valence-corrected chi connectivity index (χ3v) is 5.46.